The number of hydrogen-bond acceptors (Lipinski definition) is 5. The molecule has 0 amide bonds. The number of aromatic hydroxyl groups is 2. The highest BCUT2D eigenvalue weighted by Gasteiger charge is 2.18. The van der Waals surface area contributed by atoms with Gasteiger partial charge in [0.25, 0.3) is 5.95 Å². The molecule has 2 heterocycles. The normalized spacial score (nSPS) is 11.0. The van der Waals surface area contributed by atoms with E-state index in [0.717, 1.165) is 16.9 Å². The summed E-state index contributed by atoms with van der Waals surface area (Å²) in [7, 11) is 0. The van der Waals surface area contributed by atoms with E-state index in [2.05, 4.69) is 5.10 Å². The predicted octanol–water partition coefficient (Wildman–Crippen LogP) is 5.93. The van der Waals surface area contributed by atoms with Crippen molar-refractivity contribution in [1.29, 1.82) is 0 Å². The van der Waals surface area contributed by atoms with Crippen LogP contribution >= 0.6 is 11.6 Å². The van der Waals surface area contributed by atoms with Crippen molar-refractivity contribution < 1.29 is 10.2 Å². The van der Waals surface area contributed by atoms with Crippen LogP contribution in [0.4, 0.5) is 17.3 Å². The molecule has 152 valence electrons. The van der Waals surface area contributed by atoms with Crippen LogP contribution in [0.1, 0.15) is 0 Å². The molecule has 0 saturated carbocycles. The molecule has 6 nitrogen and oxygen atoms in total. The molecule has 0 fully saturated rings. The molecule has 0 atom stereocenters. The Hall–Kier alpha value is -4.03. The van der Waals surface area contributed by atoms with E-state index in [9.17, 15) is 10.2 Å². The van der Waals surface area contributed by atoms with Gasteiger partial charge in [-0.15, -0.1) is 5.10 Å². The number of nitrogens with zero attached hydrogens (tertiary/aromatic N) is 4. The number of phenols is 2. The molecule has 3 aromatic carbocycles. The van der Waals surface area contributed by atoms with Gasteiger partial charge in [-0.2, -0.15) is 4.98 Å². The fourth-order valence-electron chi connectivity index (χ4n) is 3.42. The van der Waals surface area contributed by atoms with Crippen LogP contribution in [0.2, 0.25) is 5.02 Å². The van der Waals surface area contributed by atoms with E-state index >= 15 is 0 Å². The number of aromatic nitrogens is 3. The molecule has 0 bridgehead atoms. The van der Waals surface area contributed by atoms with Crippen LogP contribution in [0.5, 0.6) is 11.5 Å². The minimum absolute atomic E-state index is 0.140. The highest BCUT2D eigenvalue weighted by molar-refractivity contribution is 6.33. The van der Waals surface area contributed by atoms with E-state index in [1.807, 2.05) is 65.7 Å². The zero-order valence-electron chi connectivity index (χ0n) is 16.2. The minimum Gasteiger partial charge on any atom is -0.508 e. The Labute approximate surface area is 183 Å². The van der Waals surface area contributed by atoms with Gasteiger partial charge in [-0.05, 0) is 66.7 Å². The second-order valence-corrected chi connectivity index (χ2v) is 7.39. The van der Waals surface area contributed by atoms with E-state index < -0.39 is 0 Å². The van der Waals surface area contributed by atoms with Gasteiger partial charge in [0.15, 0.2) is 5.65 Å². The summed E-state index contributed by atoms with van der Waals surface area (Å²) in [5.74, 6) is 0.810. The van der Waals surface area contributed by atoms with E-state index in [1.165, 1.54) is 0 Å². The van der Waals surface area contributed by atoms with Gasteiger partial charge in [0.2, 0.25) is 0 Å². The summed E-state index contributed by atoms with van der Waals surface area (Å²) in [4.78, 5) is 6.61. The van der Waals surface area contributed by atoms with Gasteiger partial charge in [-0.3, -0.25) is 4.90 Å². The number of rotatable bonds is 4. The van der Waals surface area contributed by atoms with Gasteiger partial charge in [0.05, 0.1) is 0 Å². The predicted molar refractivity (Wildman–Crippen MR) is 121 cm³/mol. The molecule has 0 saturated heterocycles. The first kappa shape index (κ1) is 19.0. The standard InChI is InChI=1S/C24H17ClN4O2/c25-22-12-11-20(31)14-21(22)16-6-13-23-26-24(27-28(23)15-16)29(17-4-2-1-3-5-17)18-7-9-19(30)10-8-18/h1-15,30-31H. The molecule has 0 aliphatic rings. The number of fused-ring (bicyclic) bond motifs is 1. The van der Waals surface area contributed by atoms with Gasteiger partial charge >= 0.3 is 0 Å². The summed E-state index contributed by atoms with van der Waals surface area (Å²) in [5, 5.41) is 24.8. The number of benzene rings is 3. The molecule has 0 aliphatic heterocycles. The monoisotopic (exact) mass is 428 g/mol. The lowest BCUT2D eigenvalue weighted by Crippen LogP contribution is -2.11. The van der Waals surface area contributed by atoms with Crippen LogP contribution in [-0.4, -0.2) is 24.8 Å². The maximum absolute atomic E-state index is 9.84. The Morgan fingerprint density at radius 2 is 1.48 bits per heavy atom. The quantitative estimate of drug-likeness (QED) is 0.371. The lowest BCUT2D eigenvalue weighted by molar-refractivity contribution is 0.475. The molecule has 0 radical (unpaired) electrons. The van der Waals surface area contributed by atoms with Crippen LogP contribution in [0.25, 0.3) is 16.8 Å². The summed E-state index contributed by atoms with van der Waals surface area (Å²) < 4.78 is 1.68. The van der Waals surface area contributed by atoms with Crippen LogP contribution in [-0.2, 0) is 0 Å². The lowest BCUT2D eigenvalue weighted by atomic mass is 10.1. The van der Waals surface area contributed by atoms with Gasteiger partial charge in [-0.25, -0.2) is 4.52 Å². The van der Waals surface area contributed by atoms with Gasteiger partial charge in [-0.1, -0.05) is 29.8 Å². The first-order valence-electron chi connectivity index (χ1n) is 9.58. The summed E-state index contributed by atoms with van der Waals surface area (Å²) >= 11 is 6.33. The molecule has 5 rings (SSSR count). The third-order valence-electron chi connectivity index (χ3n) is 4.90. The number of halogens is 1. The average Bonchev–Trinajstić information content (AvgIpc) is 3.20. The molecule has 5 aromatic rings. The Morgan fingerprint density at radius 3 is 2.26 bits per heavy atom. The van der Waals surface area contributed by atoms with E-state index in [0.29, 0.717) is 22.2 Å². The third kappa shape index (κ3) is 3.65. The Bertz CT molecular complexity index is 1370. The summed E-state index contributed by atoms with van der Waals surface area (Å²) in [6.07, 6.45) is 1.83. The molecular weight excluding hydrogens is 412 g/mol. The fourth-order valence-corrected chi connectivity index (χ4v) is 3.65. The average molecular weight is 429 g/mol. The molecule has 2 aromatic heterocycles. The van der Waals surface area contributed by atoms with E-state index in [-0.39, 0.29) is 11.5 Å². The Morgan fingerprint density at radius 1 is 0.774 bits per heavy atom. The van der Waals surface area contributed by atoms with Crippen molar-refractivity contribution in [2.45, 2.75) is 0 Å². The molecule has 31 heavy (non-hydrogen) atoms. The minimum atomic E-state index is 0.140. The van der Waals surface area contributed by atoms with Crippen molar-refractivity contribution in [3.63, 3.8) is 0 Å². The zero-order chi connectivity index (χ0) is 21.4. The molecule has 0 unspecified atom stereocenters. The Kier molecular flexibility index (Phi) is 4.69. The first-order valence-corrected chi connectivity index (χ1v) is 9.96. The smallest absolute Gasteiger partial charge is 0.254 e. The fraction of sp³-hybridized carbons (Fsp3) is 0. The lowest BCUT2D eigenvalue weighted by Gasteiger charge is -2.21. The van der Waals surface area contributed by atoms with Crippen LogP contribution in [0, 0.1) is 0 Å². The van der Waals surface area contributed by atoms with Crippen molar-refractivity contribution in [3.05, 3.63) is 96.1 Å². The second kappa shape index (κ2) is 7.66. The Balaban J connectivity index is 1.63. The summed E-state index contributed by atoms with van der Waals surface area (Å²) in [6.45, 7) is 0. The number of phenolic OH excluding ortho intramolecular Hbond substituents is 2. The second-order valence-electron chi connectivity index (χ2n) is 6.98. The maximum Gasteiger partial charge on any atom is 0.254 e. The highest BCUT2D eigenvalue weighted by atomic mass is 35.5. The highest BCUT2D eigenvalue weighted by Crippen LogP contribution is 2.34. The topological polar surface area (TPSA) is 73.9 Å². The number of pyridine rings is 1. The van der Waals surface area contributed by atoms with Gasteiger partial charge < -0.3 is 10.2 Å². The van der Waals surface area contributed by atoms with E-state index in [1.54, 1.807) is 34.8 Å². The van der Waals surface area contributed by atoms with Crippen molar-refractivity contribution in [2.24, 2.45) is 0 Å². The van der Waals surface area contributed by atoms with Gasteiger partial charge in [0.1, 0.15) is 11.5 Å². The number of para-hydroxylation sites is 1. The van der Waals surface area contributed by atoms with Gasteiger partial charge in [0, 0.05) is 33.7 Å². The summed E-state index contributed by atoms with van der Waals surface area (Å²) in [5.41, 5.74) is 3.88. The molecule has 7 heteroatoms. The first-order chi connectivity index (χ1) is 15.1. The van der Waals surface area contributed by atoms with Crippen LogP contribution in [0.15, 0.2) is 91.1 Å². The van der Waals surface area contributed by atoms with Crippen LogP contribution in [0.3, 0.4) is 0 Å². The molecule has 0 aliphatic carbocycles. The molecule has 2 N–H and O–H groups in total. The molecular formula is C24H17ClN4O2. The maximum atomic E-state index is 9.84. The SMILES string of the molecule is Oc1ccc(N(c2ccccc2)c2nc3ccc(-c4cc(O)ccc4Cl)cn3n2)cc1. The zero-order valence-corrected chi connectivity index (χ0v) is 17.0. The van der Waals surface area contributed by atoms with Crippen LogP contribution < -0.4 is 4.90 Å². The number of hydrogen-bond donors (Lipinski definition) is 2. The third-order valence-corrected chi connectivity index (χ3v) is 5.23. The van der Waals surface area contributed by atoms with Crippen molar-refractivity contribution in [1.82, 2.24) is 14.6 Å². The van der Waals surface area contributed by atoms with Crippen molar-refractivity contribution >= 4 is 34.6 Å². The molecule has 0 spiro atoms. The van der Waals surface area contributed by atoms with E-state index in [4.69, 9.17) is 16.6 Å². The largest absolute Gasteiger partial charge is 0.508 e. The summed E-state index contributed by atoms with van der Waals surface area (Å²) in [6, 6.07) is 25.2. The number of anilines is 3. The van der Waals surface area contributed by atoms with Crippen molar-refractivity contribution in [2.75, 3.05) is 4.90 Å². The van der Waals surface area contributed by atoms with Crippen molar-refractivity contribution in [3.8, 4) is 22.6 Å².